The molecule has 1 amide bonds. The van der Waals surface area contributed by atoms with Gasteiger partial charge in [0.2, 0.25) is 5.91 Å². The molecule has 0 bridgehead atoms. The zero-order chi connectivity index (χ0) is 18.1. The van der Waals surface area contributed by atoms with Gasteiger partial charge < -0.3 is 9.47 Å². The largest absolute Gasteiger partial charge is 0.324 e. The van der Waals surface area contributed by atoms with Gasteiger partial charge in [-0.25, -0.2) is 4.98 Å². The van der Waals surface area contributed by atoms with Gasteiger partial charge in [0.15, 0.2) is 5.82 Å². The highest BCUT2D eigenvalue weighted by Gasteiger charge is 2.30. The maximum absolute atomic E-state index is 12.4. The summed E-state index contributed by atoms with van der Waals surface area (Å²) in [4.78, 5) is 19.0. The summed E-state index contributed by atoms with van der Waals surface area (Å²) in [5.74, 6) is 1.34. The first kappa shape index (κ1) is 16.3. The Hall–Kier alpha value is -3.14. The smallest absolute Gasteiger partial charge is 0.224 e. The van der Waals surface area contributed by atoms with Crippen molar-refractivity contribution >= 4 is 16.9 Å². The van der Waals surface area contributed by atoms with Crippen LogP contribution in [0.2, 0.25) is 0 Å². The molecule has 132 valence electrons. The molecule has 3 heterocycles. The summed E-state index contributed by atoms with van der Waals surface area (Å²) in [6.07, 6.45) is 4.47. The molecule has 4 rings (SSSR count). The van der Waals surface area contributed by atoms with Crippen LogP contribution in [0.15, 0.2) is 30.5 Å². The van der Waals surface area contributed by atoms with Crippen LogP contribution in [0.4, 0.5) is 0 Å². The van der Waals surface area contributed by atoms with Gasteiger partial charge in [-0.05, 0) is 36.6 Å². The fourth-order valence-corrected chi connectivity index (χ4v) is 3.69. The fourth-order valence-electron chi connectivity index (χ4n) is 3.69. The number of benzene rings is 1. The molecule has 1 aliphatic heterocycles. The minimum absolute atomic E-state index is 0.189. The number of carbonyl (C=O) groups excluding carboxylic acids is 1. The number of rotatable bonds is 5. The van der Waals surface area contributed by atoms with Gasteiger partial charge in [-0.2, -0.15) is 10.4 Å². The Morgan fingerprint density at radius 2 is 2.27 bits per heavy atom. The number of fused-ring (bicyclic) bond motifs is 1. The SMILES string of the molecule is CCCC1CC(=O)N(Cn2c(-c3ccn[nH]3)nc3cc(C#N)ccc32)C1. The van der Waals surface area contributed by atoms with E-state index in [2.05, 4.69) is 28.2 Å². The summed E-state index contributed by atoms with van der Waals surface area (Å²) >= 11 is 0. The lowest BCUT2D eigenvalue weighted by Gasteiger charge is -2.19. The van der Waals surface area contributed by atoms with E-state index in [-0.39, 0.29) is 5.91 Å². The molecule has 1 aliphatic rings. The first-order valence-electron chi connectivity index (χ1n) is 8.87. The lowest BCUT2D eigenvalue weighted by Crippen LogP contribution is -2.28. The molecule has 1 aromatic carbocycles. The van der Waals surface area contributed by atoms with Crippen molar-refractivity contribution in [3.63, 3.8) is 0 Å². The van der Waals surface area contributed by atoms with Crippen molar-refractivity contribution in [3.05, 3.63) is 36.0 Å². The molecular formula is C19H20N6O. The Morgan fingerprint density at radius 1 is 1.38 bits per heavy atom. The second-order valence-electron chi connectivity index (χ2n) is 6.77. The third-order valence-corrected chi connectivity index (χ3v) is 4.92. The van der Waals surface area contributed by atoms with E-state index < -0.39 is 0 Å². The van der Waals surface area contributed by atoms with Crippen molar-refractivity contribution in [1.82, 2.24) is 24.6 Å². The van der Waals surface area contributed by atoms with Crippen LogP contribution in [-0.4, -0.2) is 37.1 Å². The highest BCUT2D eigenvalue weighted by molar-refractivity contribution is 5.82. The first-order valence-corrected chi connectivity index (χ1v) is 8.87. The monoisotopic (exact) mass is 348 g/mol. The predicted octanol–water partition coefficient (Wildman–Crippen LogP) is 2.90. The van der Waals surface area contributed by atoms with E-state index in [1.807, 2.05) is 21.6 Å². The van der Waals surface area contributed by atoms with Gasteiger partial charge in [-0.1, -0.05) is 13.3 Å². The number of hydrogen-bond acceptors (Lipinski definition) is 4. The number of aromatic amines is 1. The Kier molecular flexibility index (Phi) is 4.17. The number of nitrogens with zero attached hydrogens (tertiary/aromatic N) is 5. The van der Waals surface area contributed by atoms with Crippen LogP contribution < -0.4 is 0 Å². The number of aromatic nitrogens is 4. The fraction of sp³-hybridized carbons (Fsp3) is 0.368. The predicted molar refractivity (Wildman–Crippen MR) is 96.8 cm³/mol. The normalized spacial score (nSPS) is 17.2. The van der Waals surface area contributed by atoms with Crippen LogP contribution in [0.25, 0.3) is 22.6 Å². The van der Waals surface area contributed by atoms with Crippen molar-refractivity contribution in [2.24, 2.45) is 5.92 Å². The van der Waals surface area contributed by atoms with E-state index in [4.69, 9.17) is 5.26 Å². The maximum Gasteiger partial charge on any atom is 0.224 e. The number of hydrogen-bond donors (Lipinski definition) is 1. The molecule has 1 saturated heterocycles. The van der Waals surface area contributed by atoms with Crippen molar-refractivity contribution in [2.75, 3.05) is 6.54 Å². The third-order valence-electron chi connectivity index (χ3n) is 4.92. The van der Waals surface area contributed by atoms with E-state index in [9.17, 15) is 4.79 Å². The van der Waals surface area contributed by atoms with Gasteiger partial charge in [0.25, 0.3) is 0 Å². The Labute approximate surface area is 151 Å². The molecule has 1 N–H and O–H groups in total. The quantitative estimate of drug-likeness (QED) is 0.767. The van der Waals surface area contributed by atoms with Crippen molar-refractivity contribution in [3.8, 4) is 17.6 Å². The summed E-state index contributed by atoms with van der Waals surface area (Å²) in [6.45, 7) is 3.39. The number of likely N-dealkylation sites (tertiary alicyclic amines) is 1. The molecule has 0 aliphatic carbocycles. The zero-order valence-electron chi connectivity index (χ0n) is 14.6. The molecule has 0 saturated carbocycles. The molecule has 1 unspecified atom stereocenters. The Balaban J connectivity index is 1.74. The number of nitriles is 1. The molecule has 7 nitrogen and oxygen atoms in total. The molecule has 7 heteroatoms. The molecule has 1 atom stereocenters. The molecular weight excluding hydrogens is 328 g/mol. The lowest BCUT2D eigenvalue weighted by molar-refractivity contribution is -0.129. The van der Waals surface area contributed by atoms with Gasteiger partial charge in [-0.15, -0.1) is 0 Å². The number of H-pyrrole nitrogens is 1. The average Bonchev–Trinajstić information content (AvgIpc) is 3.35. The molecule has 0 radical (unpaired) electrons. The zero-order valence-corrected chi connectivity index (χ0v) is 14.6. The van der Waals surface area contributed by atoms with Gasteiger partial charge >= 0.3 is 0 Å². The Bertz CT molecular complexity index is 982. The van der Waals surface area contributed by atoms with Gasteiger partial charge in [0.1, 0.15) is 5.69 Å². The first-order chi connectivity index (χ1) is 12.7. The van der Waals surface area contributed by atoms with Gasteiger partial charge in [0, 0.05) is 19.2 Å². The lowest BCUT2D eigenvalue weighted by atomic mass is 10.0. The molecule has 0 spiro atoms. The molecule has 2 aromatic heterocycles. The molecule has 26 heavy (non-hydrogen) atoms. The highest BCUT2D eigenvalue weighted by atomic mass is 16.2. The summed E-state index contributed by atoms with van der Waals surface area (Å²) < 4.78 is 2.02. The highest BCUT2D eigenvalue weighted by Crippen LogP contribution is 2.28. The summed E-state index contributed by atoms with van der Waals surface area (Å²) in [5.41, 5.74) is 3.00. The van der Waals surface area contributed by atoms with Crippen LogP contribution in [0, 0.1) is 17.2 Å². The second kappa shape index (κ2) is 6.64. The summed E-state index contributed by atoms with van der Waals surface area (Å²) in [6, 6.07) is 9.45. The van der Waals surface area contributed by atoms with E-state index in [0.717, 1.165) is 41.9 Å². The van der Waals surface area contributed by atoms with E-state index in [1.54, 1.807) is 18.3 Å². The van der Waals surface area contributed by atoms with Crippen LogP contribution >= 0.6 is 0 Å². The minimum Gasteiger partial charge on any atom is -0.324 e. The molecule has 1 fully saturated rings. The maximum atomic E-state index is 12.4. The number of imidazole rings is 1. The van der Waals surface area contributed by atoms with Crippen molar-refractivity contribution in [2.45, 2.75) is 32.9 Å². The van der Waals surface area contributed by atoms with Crippen LogP contribution in [-0.2, 0) is 11.5 Å². The van der Waals surface area contributed by atoms with Crippen molar-refractivity contribution < 1.29 is 4.79 Å². The second-order valence-corrected chi connectivity index (χ2v) is 6.77. The standard InChI is InChI=1S/C19H20N6O/c1-2-3-14-9-18(26)24(11-14)12-25-17-5-4-13(10-20)8-16(17)22-19(25)15-6-7-21-23-15/h4-8,14H,2-3,9,11-12H2,1H3,(H,21,23). The molecule has 3 aromatic rings. The van der Waals surface area contributed by atoms with E-state index >= 15 is 0 Å². The van der Waals surface area contributed by atoms with Gasteiger partial charge in [-0.3, -0.25) is 9.89 Å². The number of amides is 1. The third kappa shape index (κ3) is 2.84. The van der Waals surface area contributed by atoms with E-state index in [0.29, 0.717) is 24.6 Å². The Morgan fingerprint density at radius 3 is 3.00 bits per heavy atom. The minimum atomic E-state index is 0.189. The van der Waals surface area contributed by atoms with Gasteiger partial charge in [0.05, 0.1) is 29.3 Å². The summed E-state index contributed by atoms with van der Waals surface area (Å²) in [5, 5.41) is 16.1. The van der Waals surface area contributed by atoms with E-state index in [1.165, 1.54) is 0 Å². The van der Waals surface area contributed by atoms with Crippen LogP contribution in [0.3, 0.4) is 0 Å². The summed E-state index contributed by atoms with van der Waals surface area (Å²) in [7, 11) is 0. The topological polar surface area (TPSA) is 90.6 Å². The average molecular weight is 348 g/mol. The number of carbonyl (C=O) groups is 1. The number of nitrogens with one attached hydrogen (secondary N) is 1. The van der Waals surface area contributed by atoms with Crippen LogP contribution in [0.5, 0.6) is 0 Å². The van der Waals surface area contributed by atoms with Crippen molar-refractivity contribution in [1.29, 1.82) is 5.26 Å². The van der Waals surface area contributed by atoms with Crippen LogP contribution in [0.1, 0.15) is 31.7 Å².